The molecule has 0 radical (unpaired) electrons. The predicted octanol–water partition coefficient (Wildman–Crippen LogP) is 2.30. The molecule has 0 saturated heterocycles. The zero-order valence-corrected chi connectivity index (χ0v) is 15.6. The largest absolute Gasteiger partial charge is 0.481 e. The van der Waals surface area contributed by atoms with Gasteiger partial charge in [0.15, 0.2) is 12.7 Å². The number of rotatable bonds is 6. The third kappa shape index (κ3) is 6.99. The Kier molecular flexibility index (Phi) is 7.70. The molecule has 0 spiro atoms. The molecular weight excluding hydrogens is 380 g/mol. The summed E-state index contributed by atoms with van der Waals surface area (Å²) >= 11 is 3.33. The summed E-state index contributed by atoms with van der Waals surface area (Å²) in [6.45, 7) is 6.47. The molecule has 0 heterocycles. The van der Waals surface area contributed by atoms with E-state index in [-0.39, 0.29) is 12.6 Å². The van der Waals surface area contributed by atoms with E-state index in [1.54, 1.807) is 19.9 Å². The summed E-state index contributed by atoms with van der Waals surface area (Å²) in [5.74, 6) is -0.932. The molecule has 3 amide bonds. The SMILES string of the molecule is Cc1ccc(OCC(=O)O[C@H](C)C(=O)NC(=O)NC(C)C)c(Br)c1. The van der Waals surface area contributed by atoms with E-state index < -0.39 is 24.0 Å². The first-order valence-electron chi connectivity index (χ1n) is 7.38. The topological polar surface area (TPSA) is 93.7 Å². The molecule has 24 heavy (non-hydrogen) atoms. The van der Waals surface area contributed by atoms with Crippen molar-refractivity contribution in [2.45, 2.75) is 39.8 Å². The maximum absolute atomic E-state index is 11.7. The highest BCUT2D eigenvalue weighted by Crippen LogP contribution is 2.25. The molecule has 1 atom stereocenters. The van der Waals surface area contributed by atoms with Gasteiger partial charge in [0.05, 0.1) is 4.47 Å². The molecule has 0 fully saturated rings. The van der Waals surface area contributed by atoms with Crippen LogP contribution >= 0.6 is 15.9 Å². The van der Waals surface area contributed by atoms with Crippen LogP contribution in [0, 0.1) is 6.92 Å². The molecule has 8 heteroatoms. The van der Waals surface area contributed by atoms with Gasteiger partial charge in [-0.3, -0.25) is 10.1 Å². The molecule has 1 aromatic carbocycles. The number of nitrogens with one attached hydrogen (secondary N) is 2. The minimum Gasteiger partial charge on any atom is -0.481 e. The highest BCUT2D eigenvalue weighted by molar-refractivity contribution is 9.10. The van der Waals surface area contributed by atoms with Gasteiger partial charge in [-0.05, 0) is 61.3 Å². The molecule has 0 aromatic heterocycles. The lowest BCUT2D eigenvalue weighted by Crippen LogP contribution is -2.46. The normalized spacial score (nSPS) is 11.6. The van der Waals surface area contributed by atoms with Gasteiger partial charge in [-0.15, -0.1) is 0 Å². The highest BCUT2D eigenvalue weighted by atomic mass is 79.9. The van der Waals surface area contributed by atoms with Gasteiger partial charge in [0, 0.05) is 6.04 Å². The molecule has 0 saturated carbocycles. The summed E-state index contributed by atoms with van der Waals surface area (Å²) in [5, 5.41) is 4.59. The maximum Gasteiger partial charge on any atom is 0.344 e. The van der Waals surface area contributed by atoms with E-state index in [4.69, 9.17) is 9.47 Å². The maximum atomic E-state index is 11.7. The van der Waals surface area contributed by atoms with Gasteiger partial charge in [0.1, 0.15) is 5.75 Å². The van der Waals surface area contributed by atoms with Crippen LogP contribution < -0.4 is 15.4 Å². The van der Waals surface area contributed by atoms with Crippen molar-refractivity contribution in [3.63, 3.8) is 0 Å². The number of carbonyl (C=O) groups excluding carboxylic acids is 3. The predicted molar refractivity (Wildman–Crippen MR) is 91.7 cm³/mol. The van der Waals surface area contributed by atoms with Crippen LogP contribution in [-0.4, -0.2) is 36.7 Å². The Hall–Kier alpha value is -2.09. The van der Waals surface area contributed by atoms with Crippen LogP contribution in [0.25, 0.3) is 0 Å². The molecule has 1 aromatic rings. The number of benzene rings is 1. The van der Waals surface area contributed by atoms with E-state index in [9.17, 15) is 14.4 Å². The van der Waals surface area contributed by atoms with Crippen molar-refractivity contribution in [1.82, 2.24) is 10.6 Å². The molecular formula is C16H21BrN2O5. The van der Waals surface area contributed by atoms with Gasteiger partial charge < -0.3 is 14.8 Å². The molecule has 0 aliphatic heterocycles. The Bertz CT molecular complexity index is 618. The highest BCUT2D eigenvalue weighted by Gasteiger charge is 2.20. The Morgan fingerprint density at radius 2 is 1.88 bits per heavy atom. The van der Waals surface area contributed by atoms with E-state index in [0.29, 0.717) is 10.2 Å². The zero-order valence-electron chi connectivity index (χ0n) is 14.0. The molecule has 1 rings (SSSR count). The van der Waals surface area contributed by atoms with Crippen molar-refractivity contribution in [3.05, 3.63) is 28.2 Å². The first-order chi connectivity index (χ1) is 11.2. The lowest BCUT2D eigenvalue weighted by molar-refractivity contribution is -0.156. The number of carbonyl (C=O) groups is 3. The molecule has 7 nitrogen and oxygen atoms in total. The van der Waals surface area contributed by atoms with Crippen molar-refractivity contribution in [1.29, 1.82) is 0 Å². The lowest BCUT2D eigenvalue weighted by Gasteiger charge is -2.15. The van der Waals surface area contributed by atoms with E-state index in [1.165, 1.54) is 6.92 Å². The first-order valence-corrected chi connectivity index (χ1v) is 8.18. The molecule has 0 aliphatic rings. The fourth-order valence-corrected chi connectivity index (χ4v) is 2.26. The quantitative estimate of drug-likeness (QED) is 0.714. The molecule has 132 valence electrons. The second kappa shape index (κ2) is 9.27. The number of ether oxygens (including phenoxy) is 2. The summed E-state index contributed by atoms with van der Waals surface area (Å²) in [6, 6.07) is 4.66. The summed E-state index contributed by atoms with van der Waals surface area (Å²) < 4.78 is 11.0. The third-order valence-electron chi connectivity index (χ3n) is 2.77. The minimum atomic E-state index is -1.11. The Balaban J connectivity index is 2.43. The first kappa shape index (κ1) is 20.0. The number of amides is 3. The lowest BCUT2D eigenvalue weighted by atomic mass is 10.2. The molecule has 2 N–H and O–H groups in total. The summed E-state index contributed by atoms with van der Waals surface area (Å²) in [4.78, 5) is 34.9. The van der Waals surface area contributed by atoms with Crippen molar-refractivity contribution in [2.24, 2.45) is 0 Å². The van der Waals surface area contributed by atoms with Crippen molar-refractivity contribution >= 4 is 33.8 Å². The number of hydrogen-bond donors (Lipinski definition) is 2. The van der Waals surface area contributed by atoms with Crippen LogP contribution in [0.3, 0.4) is 0 Å². The number of halogens is 1. The smallest absolute Gasteiger partial charge is 0.344 e. The average Bonchev–Trinajstić information content (AvgIpc) is 2.45. The fourth-order valence-electron chi connectivity index (χ4n) is 1.66. The zero-order chi connectivity index (χ0) is 18.3. The van der Waals surface area contributed by atoms with Crippen LogP contribution in [0.2, 0.25) is 0 Å². The Labute approximate surface area is 149 Å². The van der Waals surface area contributed by atoms with E-state index >= 15 is 0 Å². The Morgan fingerprint density at radius 1 is 1.21 bits per heavy atom. The number of esters is 1. The van der Waals surface area contributed by atoms with Gasteiger partial charge in [0.2, 0.25) is 0 Å². The van der Waals surface area contributed by atoms with E-state index in [2.05, 4.69) is 26.6 Å². The second-order valence-electron chi connectivity index (χ2n) is 5.47. The van der Waals surface area contributed by atoms with Crippen LogP contribution in [0.5, 0.6) is 5.75 Å². The van der Waals surface area contributed by atoms with Crippen LogP contribution in [0.1, 0.15) is 26.3 Å². The van der Waals surface area contributed by atoms with Gasteiger partial charge in [-0.1, -0.05) is 6.07 Å². The van der Waals surface area contributed by atoms with Crippen LogP contribution in [0.15, 0.2) is 22.7 Å². The van der Waals surface area contributed by atoms with Crippen LogP contribution in [0.4, 0.5) is 4.79 Å². The number of hydrogen-bond acceptors (Lipinski definition) is 5. The van der Waals surface area contributed by atoms with E-state index in [0.717, 1.165) is 5.56 Å². The van der Waals surface area contributed by atoms with Gasteiger partial charge in [-0.2, -0.15) is 0 Å². The minimum absolute atomic E-state index is 0.114. The number of urea groups is 1. The third-order valence-corrected chi connectivity index (χ3v) is 3.39. The van der Waals surface area contributed by atoms with Gasteiger partial charge in [-0.25, -0.2) is 9.59 Å². The summed E-state index contributed by atoms with van der Waals surface area (Å²) in [6.07, 6.45) is -1.11. The Morgan fingerprint density at radius 3 is 2.46 bits per heavy atom. The fraction of sp³-hybridized carbons (Fsp3) is 0.438. The second-order valence-corrected chi connectivity index (χ2v) is 6.33. The standard InChI is InChI=1S/C16H21BrN2O5/c1-9(2)18-16(22)19-15(21)11(4)24-14(20)8-23-13-6-5-10(3)7-12(13)17/h5-7,9,11H,8H2,1-4H3,(H2,18,19,21,22)/t11-/m1/s1. The summed E-state index contributed by atoms with van der Waals surface area (Å²) in [7, 11) is 0. The van der Waals surface area contributed by atoms with E-state index in [1.807, 2.05) is 19.1 Å². The molecule has 0 aliphatic carbocycles. The monoisotopic (exact) mass is 400 g/mol. The van der Waals surface area contributed by atoms with Gasteiger partial charge in [0.25, 0.3) is 5.91 Å². The molecule has 0 bridgehead atoms. The van der Waals surface area contributed by atoms with Crippen molar-refractivity contribution in [3.8, 4) is 5.75 Å². The summed E-state index contributed by atoms with van der Waals surface area (Å²) in [5.41, 5.74) is 1.04. The molecule has 0 unspecified atom stereocenters. The van der Waals surface area contributed by atoms with Crippen LogP contribution in [-0.2, 0) is 14.3 Å². The number of imide groups is 1. The van der Waals surface area contributed by atoms with Gasteiger partial charge >= 0.3 is 12.0 Å². The van der Waals surface area contributed by atoms with Crippen molar-refractivity contribution in [2.75, 3.05) is 6.61 Å². The van der Waals surface area contributed by atoms with Crippen molar-refractivity contribution < 1.29 is 23.9 Å². The average molecular weight is 401 g/mol. The number of aryl methyl sites for hydroxylation is 1.